The second-order valence-electron chi connectivity index (χ2n) is 8.21. The molecule has 1 N–H and O–H groups in total. The standard InChI is InChI=1S/C24H30FN3O3S/c1-27(2)23(21-9-6-10-22(25)17-21)18-26-24(29)20-11-14-28(15-12-20)32(30,31)16-13-19-7-4-3-5-8-19/h3-10,13,16-17,20,23H,11-12,14-15,18H2,1-2H3,(H,26,29)/b16-13+. The van der Waals surface area contributed by atoms with Crippen molar-refractivity contribution < 1.29 is 17.6 Å². The third kappa shape index (κ3) is 6.48. The monoisotopic (exact) mass is 459 g/mol. The van der Waals surface area contributed by atoms with Crippen molar-refractivity contribution in [2.75, 3.05) is 33.7 Å². The number of rotatable bonds is 8. The van der Waals surface area contributed by atoms with Crippen LogP contribution < -0.4 is 5.32 Å². The third-order valence-electron chi connectivity index (χ3n) is 5.74. The van der Waals surface area contributed by atoms with Gasteiger partial charge in [0.25, 0.3) is 0 Å². The molecule has 1 saturated heterocycles. The van der Waals surface area contributed by atoms with E-state index in [-0.39, 0.29) is 23.7 Å². The van der Waals surface area contributed by atoms with Gasteiger partial charge in [-0.25, -0.2) is 12.8 Å². The van der Waals surface area contributed by atoms with Gasteiger partial charge in [0.15, 0.2) is 0 Å². The smallest absolute Gasteiger partial charge is 0.236 e. The third-order valence-corrected chi connectivity index (χ3v) is 7.31. The second-order valence-corrected chi connectivity index (χ2v) is 10.0. The van der Waals surface area contributed by atoms with Crippen molar-refractivity contribution >= 4 is 22.0 Å². The van der Waals surface area contributed by atoms with Gasteiger partial charge in [-0.2, -0.15) is 4.31 Å². The van der Waals surface area contributed by atoms with Crippen molar-refractivity contribution in [3.05, 3.63) is 76.9 Å². The zero-order chi connectivity index (χ0) is 23.1. The fourth-order valence-corrected chi connectivity index (χ4v) is 5.06. The van der Waals surface area contributed by atoms with Crippen molar-refractivity contribution in [3.8, 4) is 0 Å². The van der Waals surface area contributed by atoms with Crippen molar-refractivity contribution in [2.45, 2.75) is 18.9 Å². The first-order chi connectivity index (χ1) is 15.3. The van der Waals surface area contributed by atoms with Crippen LogP contribution in [0, 0.1) is 11.7 Å². The average Bonchev–Trinajstić information content (AvgIpc) is 2.78. The molecular weight excluding hydrogens is 429 g/mol. The largest absolute Gasteiger partial charge is 0.354 e. The number of nitrogens with zero attached hydrogens (tertiary/aromatic N) is 2. The van der Waals surface area contributed by atoms with Crippen LogP contribution in [0.25, 0.3) is 6.08 Å². The SMILES string of the molecule is CN(C)C(CNC(=O)C1CCN(S(=O)(=O)/C=C/c2ccccc2)CC1)c1cccc(F)c1. The minimum Gasteiger partial charge on any atom is -0.354 e. The Labute approximate surface area is 189 Å². The maximum Gasteiger partial charge on any atom is 0.236 e. The van der Waals surface area contributed by atoms with E-state index in [4.69, 9.17) is 0 Å². The van der Waals surface area contributed by atoms with Gasteiger partial charge in [0.1, 0.15) is 5.82 Å². The van der Waals surface area contributed by atoms with Crippen LogP contribution >= 0.6 is 0 Å². The van der Waals surface area contributed by atoms with Gasteiger partial charge < -0.3 is 10.2 Å². The summed E-state index contributed by atoms with van der Waals surface area (Å²) in [5.41, 5.74) is 1.61. The molecule has 0 bridgehead atoms. The topological polar surface area (TPSA) is 69.7 Å². The number of hydrogen-bond donors (Lipinski definition) is 1. The summed E-state index contributed by atoms with van der Waals surface area (Å²) in [7, 11) is 0.237. The highest BCUT2D eigenvalue weighted by Crippen LogP contribution is 2.22. The number of sulfonamides is 1. The van der Waals surface area contributed by atoms with Gasteiger partial charge in [0.2, 0.25) is 15.9 Å². The quantitative estimate of drug-likeness (QED) is 0.658. The Hall–Kier alpha value is -2.55. The Balaban J connectivity index is 1.53. The lowest BCUT2D eigenvalue weighted by atomic mass is 9.97. The maximum absolute atomic E-state index is 13.6. The van der Waals surface area contributed by atoms with Crippen LogP contribution in [-0.2, 0) is 14.8 Å². The fraction of sp³-hybridized carbons (Fsp3) is 0.375. The highest BCUT2D eigenvalue weighted by molar-refractivity contribution is 7.92. The summed E-state index contributed by atoms with van der Waals surface area (Å²) in [5, 5.41) is 4.19. The summed E-state index contributed by atoms with van der Waals surface area (Å²) in [6.07, 6.45) is 2.52. The van der Waals surface area contributed by atoms with Crippen molar-refractivity contribution in [1.29, 1.82) is 0 Å². The van der Waals surface area contributed by atoms with Gasteiger partial charge in [-0.15, -0.1) is 0 Å². The molecular formula is C24H30FN3O3S. The van der Waals surface area contributed by atoms with E-state index in [1.54, 1.807) is 12.1 Å². The molecule has 1 amide bonds. The molecule has 0 aliphatic carbocycles. The predicted molar refractivity (Wildman–Crippen MR) is 125 cm³/mol. The molecule has 0 aromatic heterocycles. The molecule has 1 aliphatic rings. The van der Waals surface area contributed by atoms with Gasteiger partial charge in [0, 0.05) is 31.0 Å². The molecule has 0 radical (unpaired) electrons. The summed E-state index contributed by atoms with van der Waals surface area (Å²) in [6, 6.07) is 15.5. The molecule has 172 valence electrons. The van der Waals surface area contributed by atoms with E-state index in [1.807, 2.05) is 55.4 Å². The minimum atomic E-state index is -3.53. The molecule has 0 spiro atoms. The van der Waals surface area contributed by atoms with E-state index < -0.39 is 10.0 Å². The number of carbonyl (C=O) groups is 1. The van der Waals surface area contributed by atoms with Crippen molar-refractivity contribution in [2.24, 2.45) is 5.92 Å². The van der Waals surface area contributed by atoms with E-state index >= 15 is 0 Å². The van der Waals surface area contributed by atoms with Crippen molar-refractivity contribution in [3.63, 3.8) is 0 Å². The molecule has 1 unspecified atom stereocenters. The summed E-state index contributed by atoms with van der Waals surface area (Å²) >= 11 is 0. The lowest BCUT2D eigenvalue weighted by Gasteiger charge is -2.31. The summed E-state index contributed by atoms with van der Waals surface area (Å²) in [4.78, 5) is 14.6. The number of carbonyl (C=O) groups excluding carboxylic acids is 1. The number of benzene rings is 2. The van der Waals surface area contributed by atoms with Gasteiger partial charge in [-0.1, -0.05) is 42.5 Å². The van der Waals surface area contributed by atoms with E-state index in [0.29, 0.717) is 32.5 Å². The van der Waals surface area contributed by atoms with Crippen LogP contribution in [0.1, 0.15) is 30.0 Å². The zero-order valence-electron chi connectivity index (χ0n) is 18.4. The average molecular weight is 460 g/mol. The number of amides is 1. The summed E-state index contributed by atoms with van der Waals surface area (Å²) in [5.74, 6) is -0.643. The van der Waals surface area contributed by atoms with E-state index in [0.717, 1.165) is 11.1 Å². The molecule has 6 nitrogen and oxygen atoms in total. The molecule has 2 aromatic carbocycles. The van der Waals surface area contributed by atoms with Gasteiger partial charge in [-0.3, -0.25) is 4.79 Å². The Morgan fingerprint density at radius 3 is 2.47 bits per heavy atom. The fourth-order valence-electron chi connectivity index (χ4n) is 3.84. The number of nitrogens with one attached hydrogen (secondary N) is 1. The molecule has 1 fully saturated rings. The van der Waals surface area contributed by atoms with Gasteiger partial charge in [-0.05, 0) is 56.3 Å². The van der Waals surface area contributed by atoms with Crippen LogP contribution in [0.3, 0.4) is 0 Å². The van der Waals surface area contributed by atoms with E-state index in [9.17, 15) is 17.6 Å². The molecule has 1 aliphatic heterocycles. The minimum absolute atomic E-state index is 0.0925. The normalized spacial score (nSPS) is 17.0. The molecule has 2 aromatic rings. The lowest BCUT2D eigenvalue weighted by Crippen LogP contribution is -2.44. The molecule has 0 saturated carbocycles. The number of piperidine rings is 1. The van der Waals surface area contributed by atoms with Crippen LogP contribution in [0.5, 0.6) is 0 Å². The maximum atomic E-state index is 13.6. The predicted octanol–water partition coefficient (Wildman–Crippen LogP) is 3.26. The first kappa shape index (κ1) is 24.1. The van der Waals surface area contributed by atoms with Crippen LogP contribution in [0.4, 0.5) is 4.39 Å². The first-order valence-electron chi connectivity index (χ1n) is 10.7. The Morgan fingerprint density at radius 1 is 1.16 bits per heavy atom. The lowest BCUT2D eigenvalue weighted by molar-refractivity contribution is -0.126. The van der Waals surface area contributed by atoms with Gasteiger partial charge >= 0.3 is 0 Å². The summed E-state index contributed by atoms with van der Waals surface area (Å²) in [6.45, 7) is 0.967. The molecule has 3 rings (SSSR count). The Morgan fingerprint density at radius 2 is 1.84 bits per heavy atom. The van der Waals surface area contributed by atoms with E-state index in [2.05, 4.69) is 5.32 Å². The molecule has 1 heterocycles. The Kier molecular flexibility index (Phi) is 8.17. The second kappa shape index (κ2) is 10.8. The number of likely N-dealkylation sites (N-methyl/N-ethyl adjacent to an activating group) is 1. The Bertz CT molecular complexity index is 1030. The first-order valence-corrected chi connectivity index (χ1v) is 12.2. The van der Waals surface area contributed by atoms with E-state index in [1.165, 1.54) is 21.8 Å². The number of hydrogen-bond acceptors (Lipinski definition) is 4. The number of halogens is 1. The summed E-state index contributed by atoms with van der Waals surface area (Å²) < 4.78 is 40.2. The van der Waals surface area contributed by atoms with Gasteiger partial charge in [0.05, 0.1) is 6.04 Å². The molecule has 1 atom stereocenters. The van der Waals surface area contributed by atoms with Crippen LogP contribution in [-0.4, -0.2) is 57.3 Å². The molecule has 32 heavy (non-hydrogen) atoms. The molecule has 8 heteroatoms. The van der Waals surface area contributed by atoms with Crippen LogP contribution in [0.2, 0.25) is 0 Å². The zero-order valence-corrected chi connectivity index (χ0v) is 19.3. The van der Waals surface area contributed by atoms with Crippen molar-refractivity contribution in [1.82, 2.24) is 14.5 Å². The highest BCUT2D eigenvalue weighted by atomic mass is 32.2. The highest BCUT2D eigenvalue weighted by Gasteiger charge is 2.30. The van der Waals surface area contributed by atoms with Crippen LogP contribution in [0.15, 0.2) is 60.0 Å².